The Morgan fingerprint density at radius 3 is 2.31 bits per heavy atom. The van der Waals surface area contributed by atoms with E-state index in [4.69, 9.17) is 27.0 Å². The monoisotopic (exact) mass is 256 g/mol. The molecule has 6 nitrogen and oxygen atoms in total. The van der Waals surface area contributed by atoms with Crippen LogP contribution < -0.4 is 9.47 Å². The number of benzene rings is 1. The molecule has 1 unspecified atom stereocenters. The number of ether oxygens (including phenoxy) is 2. The van der Waals surface area contributed by atoms with E-state index in [2.05, 4.69) is 0 Å². The van der Waals surface area contributed by atoms with Crippen LogP contribution in [0.3, 0.4) is 0 Å². The molecule has 8 heteroatoms. The zero-order chi connectivity index (χ0) is 12.2. The second kappa shape index (κ2) is 5.85. The average Bonchev–Trinajstić information content (AvgIpc) is 2.15. The average molecular weight is 256 g/mol. The molecular formula is C8H9NaO6S. The molecule has 0 saturated heterocycles. The molecule has 0 saturated carbocycles. The van der Waals surface area contributed by atoms with E-state index in [1.54, 1.807) is 0 Å². The molecule has 0 spiro atoms. The van der Waals surface area contributed by atoms with Crippen molar-refractivity contribution in [1.29, 1.82) is 0 Å². The maximum absolute atomic E-state index is 8.74. The molecule has 0 aromatic heterocycles. The summed E-state index contributed by atoms with van der Waals surface area (Å²) in [5.41, 5.74) is 0. The quantitative estimate of drug-likeness (QED) is 0.512. The van der Waals surface area contributed by atoms with E-state index in [1.165, 1.54) is 0 Å². The summed E-state index contributed by atoms with van der Waals surface area (Å²) in [6.07, 6.45) is 0. The standard InChI is InChI=1S/C8H7O2.Na.H2O4S/c1-2-4-8-7(3-1)9-5-6-10-8;;1-5(2,3)4/h1-5H,6H2;;(H2,1,2,3,4). The van der Waals surface area contributed by atoms with Crippen molar-refractivity contribution in [2.24, 2.45) is 0 Å². The van der Waals surface area contributed by atoms with Gasteiger partial charge in [-0.2, -0.15) is 8.42 Å². The molecule has 2 N–H and O–H groups in total. The van der Waals surface area contributed by atoms with E-state index in [1.807, 2.05) is 24.3 Å². The van der Waals surface area contributed by atoms with E-state index < -0.39 is 10.4 Å². The molecule has 0 amide bonds. The van der Waals surface area contributed by atoms with Gasteiger partial charge in [0.25, 0.3) is 0 Å². The first-order valence-electron chi connectivity index (χ1n) is 4.44. The second-order valence-electron chi connectivity index (χ2n) is 3.13. The van der Waals surface area contributed by atoms with Gasteiger partial charge in [0.1, 0.15) is 0 Å². The minimum atomic E-state index is -4.67. The molecule has 0 bridgehead atoms. The molecule has 0 fully saturated rings. The van der Waals surface area contributed by atoms with Crippen LogP contribution in [0.1, 0.15) is 0 Å². The number of rotatable bonds is 0. The maximum atomic E-state index is 8.74. The van der Waals surface area contributed by atoms with Crippen molar-refractivity contribution in [2.45, 2.75) is 3.35 Å². The topological polar surface area (TPSA) is 93.1 Å². The van der Waals surface area contributed by atoms with Crippen molar-refractivity contribution >= 4 is 38.3 Å². The van der Waals surface area contributed by atoms with Gasteiger partial charge in [0.2, 0.25) is 0 Å². The van der Waals surface area contributed by atoms with Crippen LogP contribution in [0.5, 0.6) is 11.5 Å². The zero-order valence-electron chi connectivity index (χ0n) is 8.53. The van der Waals surface area contributed by atoms with E-state index in [9.17, 15) is 0 Å². The van der Waals surface area contributed by atoms with Crippen LogP contribution >= 0.6 is 0 Å². The summed E-state index contributed by atoms with van der Waals surface area (Å²) in [5, 5.41) is 0. The molecule has 1 atom stereocenters. The van der Waals surface area contributed by atoms with Gasteiger partial charge in [0, 0.05) is 0 Å². The summed E-state index contributed by atoms with van der Waals surface area (Å²) in [5.74, 6) is 1.76. The van der Waals surface area contributed by atoms with Gasteiger partial charge in [-0.1, -0.05) is 0 Å². The summed E-state index contributed by atoms with van der Waals surface area (Å²) >= 11 is 1.02. The van der Waals surface area contributed by atoms with Crippen molar-refractivity contribution in [3.05, 3.63) is 24.3 Å². The van der Waals surface area contributed by atoms with Gasteiger partial charge >= 0.3 is 93.5 Å². The molecule has 1 aromatic carbocycles. The summed E-state index contributed by atoms with van der Waals surface area (Å²) in [7, 11) is -4.67. The molecule has 2 rings (SSSR count). The Morgan fingerprint density at radius 1 is 1.25 bits per heavy atom. The number of hydrogen-bond acceptors (Lipinski definition) is 4. The van der Waals surface area contributed by atoms with Crippen LogP contribution in [0, 0.1) is 0 Å². The Balaban J connectivity index is 0.000000221. The van der Waals surface area contributed by atoms with Gasteiger partial charge in [-0.3, -0.25) is 9.11 Å². The van der Waals surface area contributed by atoms with Gasteiger partial charge in [-0.05, 0) is 0 Å². The number of hydrogen-bond donors (Lipinski definition) is 2. The Morgan fingerprint density at radius 2 is 1.75 bits per heavy atom. The Hall–Kier alpha value is -0.310. The minimum absolute atomic E-state index is 0.310. The molecule has 1 aliphatic heterocycles. The SMILES string of the molecule is O=S(=O)(O)O.[Na][CH]1COc2ccccc2O1. The number of para-hydroxylation sites is 2. The summed E-state index contributed by atoms with van der Waals surface area (Å²) in [6, 6.07) is 7.79. The van der Waals surface area contributed by atoms with Crippen molar-refractivity contribution in [2.75, 3.05) is 6.61 Å². The van der Waals surface area contributed by atoms with Crippen LogP contribution in [-0.2, 0) is 10.4 Å². The third-order valence-corrected chi connectivity index (χ3v) is 2.22. The molecular weight excluding hydrogens is 247 g/mol. The molecule has 1 aliphatic rings. The third kappa shape index (κ3) is 5.69. The first-order chi connectivity index (χ1) is 7.36. The van der Waals surface area contributed by atoms with Crippen molar-refractivity contribution in [1.82, 2.24) is 0 Å². The Bertz CT molecular complexity index is 438. The van der Waals surface area contributed by atoms with Crippen LogP contribution in [-0.4, -0.2) is 55.4 Å². The van der Waals surface area contributed by atoms with Gasteiger partial charge in [-0.15, -0.1) is 0 Å². The van der Waals surface area contributed by atoms with Crippen LogP contribution in [0.15, 0.2) is 24.3 Å². The number of fused-ring (bicyclic) bond motifs is 1. The fraction of sp³-hybridized carbons (Fsp3) is 0.250. The fourth-order valence-electron chi connectivity index (χ4n) is 1.12. The van der Waals surface area contributed by atoms with Gasteiger partial charge < -0.3 is 0 Å². The van der Waals surface area contributed by atoms with Crippen molar-refractivity contribution in [3.63, 3.8) is 0 Å². The molecule has 84 valence electrons. The molecule has 1 aromatic rings. The van der Waals surface area contributed by atoms with Crippen LogP contribution in [0.2, 0.25) is 0 Å². The Labute approximate surface area is 111 Å². The Kier molecular flexibility index (Phi) is 5.03. The summed E-state index contributed by atoms with van der Waals surface area (Å²) < 4.78 is 42.9. The summed E-state index contributed by atoms with van der Waals surface area (Å²) in [4.78, 5) is 0. The van der Waals surface area contributed by atoms with Crippen LogP contribution in [0.25, 0.3) is 0 Å². The predicted octanol–water partition coefficient (Wildman–Crippen LogP) is 0.300. The fourth-order valence-corrected chi connectivity index (χ4v) is 1.55. The first-order valence-corrected chi connectivity index (χ1v) is 7.00. The molecule has 1 heterocycles. The second-order valence-corrected chi connectivity index (χ2v) is 5.32. The van der Waals surface area contributed by atoms with Crippen molar-refractivity contribution < 1.29 is 27.0 Å². The van der Waals surface area contributed by atoms with E-state index >= 15 is 0 Å². The van der Waals surface area contributed by atoms with E-state index in [-0.39, 0.29) is 0 Å². The van der Waals surface area contributed by atoms with Gasteiger partial charge in [-0.25, -0.2) is 0 Å². The molecule has 0 radical (unpaired) electrons. The first kappa shape index (κ1) is 13.8. The predicted molar refractivity (Wildman–Crippen MR) is 56.3 cm³/mol. The normalized spacial score (nSPS) is 18.4. The van der Waals surface area contributed by atoms with Crippen LogP contribution in [0.4, 0.5) is 0 Å². The van der Waals surface area contributed by atoms with Gasteiger partial charge in [0.05, 0.1) is 0 Å². The van der Waals surface area contributed by atoms with Gasteiger partial charge in [0.15, 0.2) is 0 Å². The molecule has 0 aliphatic carbocycles. The third-order valence-electron chi connectivity index (χ3n) is 1.65. The summed E-state index contributed by atoms with van der Waals surface area (Å²) in [6.45, 7) is 0.712. The zero-order valence-corrected chi connectivity index (χ0v) is 11.3. The van der Waals surface area contributed by atoms with Crippen molar-refractivity contribution in [3.8, 4) is 11.5 Å². The molecule has 16 heavy (non-hydrogen) atoms. The van der Waals surface area contributed by atoms with E-state index in [0.29, 0.717) is 9.96 Å². The van der Waals surface area contributed by atoms with E-state index in [0.717, 1.165) is 39.4 Å².